The molecular formula is C18H22N2O. The Morgan fingerprint density at radius 1 is 1.24 bits per heavy atom. The van der Waals surface area contributed by atoms with E-state index in [4.69, 9.17) is 4.99 Å². The van der Waals surface area contributed by atoms with Gasteiger partial charge in [0.2, 0.25) is 0 Å². The van der Waals surface area contributed by atoms with Gasteiger partial charge in [-0.15, -0.1) is 0 Å². The number of benzene rings is 1. The molecule has 0 bridgehead atoms. The maximum atomic E-state index is 12.7. The lowest BCUT2D eigenvalue weighted by molar-refractivity contribution is -0.117. The first-order valence-electron chi connectivity index (χ1n) is 7.70. The molecule has 0 saturated carbocycles. The third-order valence-corrected chi connectivity index (χ3v) is 4.10. The average Bonchev–Trinajstić information content (AvgIpc) is 2.53. The first kappa shape index (κ1) is 14.1. The molecule has 0 unspecified atom stereocenters. The highest BCUT2D eigenvalue weighted by molar-refractivity contribution is 6.25. The third kappa shape index (κ3) is 2.65. The first-order valence-corrected chi connectivity index (χ1v) is 7.70. The first-order chi connectivity index (χ1) is 10.00. The van der Waals surface area contributed by atoms with E-state index in [2.05, 4.69) is 26.1 Å². The van der Waals surface area contributed by atoms with Crippen LogP contribution in [-0.2, 0) is 4.79 Å². The summed E-state index contributed by atoms with van der Waals surface area (Å²) in [5, 5.41) is 3.48. The summed E-state index contributed by atoms with van der Waals surface area (Å²) < 4.78 is 0. The molecule has 21 heavy (non-hydrogen) atoms. The maximum Gasteiger partial charge on any atom is 0.167 e. The molecule has 0 radical (unpaired) electrons. The molecule has 3 nitrogen and oxygen atoms in total. The Morgan fingerprint density at radius 3 is 2.76 bits per heavy atom. The van der Waals surface area contributed by atoms with Crippen molar-refractivity contribution in [1.82, 2.24) is 0 Å². The number of anilines is 1. The van der Waals surface area contributed by atoms with Crippen molar-refractivity contribution in [3.63, 3.8) is 0 Å². The van der Waals surface area contributed by atoms with Crippen molar-refractivity contribution in [1.29, 1.82) is 0 Å². The second kappa shape index (κ2) is 5.14. The van der Waals surface area contributed by atoms with Gasteiger partial charge in [0, 0.05) is 12.1 Å². The number of rotatable bonds is 2. The minimum Gasteiger partial charge on any atom is -0.356 e. The summed E-state index contributed by atoms with van der Waals surface area (Å²) in [5.41, 5.74) is 4.79. The number of Topliss-reactive ketones (excluding diaryl/α,β-unsaturated/α-hetero) is 1. The van der Waals surface area contributed by atoms with Gasteiger partial charge in [-0.05, 0) is 30.4 Å². The lowest BCUT2D eigenvalue weighted by Gasteiger charge is -2.32. The van der Waals surface area contributed by atoms with Gasteiger partial charge in [0.1, 0.15) is 0 Å². The van der Waals surface area contributed by atoms with Crippen molar-refractivity contribution in [3.05, 3.63) is 35.5 Å². The number of hydrogen-bond acceptors (Lipinski definition) is 3. The van der Waals surface area contributed by atoms with Crippen LogP contribution in [-0.4, -0.2) is 11.5 Å². The lowest BCUT2D eigenvalue weighted by atomic mass is 9.74. The van der Waals surface area contributed by atoms with Crippen LogP contribution in [0.4, 0.5) is 11.4 Å². The molecular weight excluding hydrogens is 260 g/mol. The number of carbonyl (C=O) groups excluding carboxylic acids is 1. The summed E-state index contributed by atoms with van der Waals surface area (Å²) in [6, 6.07) is 8.03. The molecule has 0 atom stereocenters. The van der Waals surface area contributed by atoms with Gasteiger partial charge < -0.3 is 5.32 Å². The summed E-state index contributed by atoms with van der Waals surface area (Å²) in [5.74, 6) is 0.230. The fourth-order valence-electron chi connectivity index (χ4n) is 3.22. The number of fused-ring (bicyclic) bond motifs is 1. The quantitative estimate of drug-likeness (QED) is 0.859. The molecule has 0 saturated heterocycles. The number of ketones is 1. The van der Waals surface area contributed by atoms with Gasteiger partial charge in [0.05, 0.1) is 22.7 Å². The highest BCUT2D eigenvalue weighted by Gasteiger charge is 2.35. The Labute approximate surface area is 126 Å². The van der Waals surface area contributed by atoms with Crippen LogP contribution < -0.4 is 5.32 Å². The Bertz CT molecular complexity index is 653. The van der Waals surface area contributed by atoms with Crippen LogP contribution in [0.25, 0.3) is 0 Å². The summed E-state index contributed by atoms with van der Waals surface area (Å²) in [6.45, 7) is 6.44. The van der Waals surface area contributed by atoms with Crippen molar-refractivity contribution in [2.75, 3.05) is 5.32 Å². The number of allylic oxidation sites excluding steroid dienone is 2. The molecule has 1 heterocycles. The second-order valence-electron chi connectivity index (χ2n) is 6.75. The number of carbonyl (C=O) groups is 1. The minimum absolute atomic E-state index is 0.0134. The Hall–Kier alpha value is -1.90. The van der Waals surface area contributed by atoms with E-state index >= 15 is 0 Å². The predicted molar refractivity (Wildman–Crippen MR) is 87.1 cm³/mol. The Kier molecular flexibility index (Phi) is 3.44. The molecule has 1 N–H and O–H groups in total. The SMILES string of the molecule is CCCC1=Nc2ccccc2NC2=C1C(=O)CC(C)(C)C2. The summed E-state index contributed by atoms with van der Waals surface area (Å²) >= 11 is 0. The lowest BCUT2D eigenvalue weighted by Crippen LogP contribution is -2.31. The largest absolute Gasteiger partial charge is 0.356 e. The smallest absolute Gasteiger partial charge is 0.167 e. The van der Waals surface area contributed by atoms with Crippen LogP contribution in [0.3, 0.4) is 0 Å². The zero-order chi connectivity index (χ0) is 15.0. The van der Waals surface area contributed by atoms with Gasteiger partial charge >= 0.3 is 0 Å². The molecule has 0 spiro atoms. The molecule has 1 aromatic rings. The summed E-state index contributed by atoms with van der Waals surface area (Å²) in [6.07, 6.45) is 3.34. The number of nitrogens with one attached hydrogen (secondary N) is 1. The van der Waals surface area contributed by atoms with Crippen molar-refractivity contribution in [2.45, 2.75) is 46.5 Å². The fraction of sp³-hybridized carbons (Fsp3) is 0.444. The van der Waals surface area contributed by atoms with E-state index in [1.165, 1.54) is 0 Å². The fourth-order valence-corrected chi connectivity index (χ4v) is 3.22. The molecule has 1 aliphatic carbocycles. The molecule has 1 aromatic carbocycles. The van der Waals surface area contributed by atoms with Crippen molar-refractivity contribution in [2.24, 2.45) is 10.4 Å². The van der Waals surface area contributed by atoms with Crippen LogP contribution in [0, 0.1) is 5.41 Å². The van der Waals surface area contributed by atoms with Gasteiger partial charge in [-0.2, -0.15) is 0 Å². The van der Waals surface area contributed by atoms with E-state index in [0.717, 1.165) is 47.6 Å². The highest BCUT2D eigenvalue weighted by Crippen LogP contribution is 2.41. The second-order valence-corrected chi connectivity index (χ2v) is 6.75. The standard InChI is InChI=1S/C18H22N2O/c1-4-7-14-17-15(10-18(2,3)11-16(17)21)20-13-9-6-5-8-12(13)19-14/h5-6,8-9,20H,4,7,10-11H2,1-3H3. The monoisotopic (exact) mass is 282 g/mol. The topological polar surface area (TPSA) is 41.5 Å². The number of nitrogens with zero attached hydrogens (tertiary/aromatic N) is 1. The van der Waals surface area contributed by atoms with E-state index in [-0.39, 0.29) is 11.2 Å². The van der Waals surface area contributed by atoms with E-state index in [9.17, 15) is 4.79 Å². The van der Waals surface area contributed by atoms with Gasteiger partial charge in [0.25, 0.3) is 0 Å². The molecule has 0 aromatic heterocycles. The third-order valence-electron chi connectivity index (χ3n) is 4.10. The van der Waals surface area contributed by atoms with Crippen LogP contribution >= 0.6 is 0 Å². The van der Waals surface area contributed by atoms with Gasteiger partial charge in [0.15, 0.2) is 5.78 Å². The Balaban J connectivity index is 2.15. The summed E-state index contributed by atoms with van der Waals surface area (Å²) in [7, 11) is 0. The number of aliphatic imine (C=N–C) groups is 1. The van der Waals surface area contributed by atoms with Crippen LogP contribution in [0.2, 0.25) is 0 Å². The Morgan fingerprint density at radius 2 is 2.00 bits per heavy atom. The summed E-state index contributed by atoms with van der Waals surface area (Å²) in [4.78, 5) is 17.4. The average molecular weight is 282 g/mol. The van der Waals surface area contributed by atoms with Crippen molar-refractivity contribution < 1.29 is 4.79 Å². The van der Waals surface area contributed by atoms with Gasteiger partial charge in [-0.3, -0.25) is 9.79 Å². The van der Waals surface area contributed by atoms with Gasteiger partial charge in [-0.1, -0.05) is 39.3 Å². The van der Waals surface area contributed by atoms with E-state index in [1.807, 2.05) is 24.3 Å². The van der Waals surface area contributed by atoms with Crippen LogP contribution in [0.15, 0.2) is 40.5 Å². The van der Waals surface area contributed by atoms with Crippen molar-refractivity contribution >= 4 is 22.9 Å². The predicted octanol–water partition coefficient (Wildman–Crippen LogP) is 4.63. The molecule has 110 valence electrons. The molecule has 3 heteroatoms. The maximum absolute atomic E-state index is 12.7. The van der Waals surface area contributed by atoms with E-state index < -0.39 is 0 Å². The van der Waals surface area contributed by atoms with E-state index in [1.54, 1.807) is 0 Å². The van der Waals surface area contributed by atoms with Crippen LogP contribution in [0.5, 0.6) is 0 Å². The minimum atomic E-state index is 0.0134. The molecule has 2 aliphatic rings. The molecule has 0 amide bonds. The molecule has 0 fully saturated rings. The molecule has 1 aliphatic heterocycles. The van der Waals surface area contributed by atoms with Crippen LogP contribution in [0.1, 0.15) is 46.5 Å². The van der Waals surface area contributed by atoms with Crippen molar-refractivity contribution in [3.8, 4) is 0 Å². The number of hydrogen-bond donors (Lipinski definition) is 1. The van der Waals surface area contributed by atoms with E-state index in [0.29, 0.717) is 6.42 Å². The zero-order valence-corrected chi connectivity index (χ0v) is 13.0. The zero-order valence-electron chi connectivity index (χ0n) is 13.0. The van der Waals surface area contributed by atoms with Gasteiger partial charge in [-0.25, -0.2) is 0 Å². The highest BCUT2D eigenvalue weighted by atomic mass is 16.1. The molecule has 3 rings (SSSR count). The number of para-hydroxylation sites is 2. The normalized spacial score (nSPS) is 20.1.